The molecular weight excluding hydrogens is 384 g/mol. The van der Waals surface area contributed by atoms with Crippen molar-refractivity contribution in [2.75, 3.05) is 24.3 Å². The summed E-state index contributed by atoms with van der Waals surface area (Å²) in [5, 5.41) is 6.43. The van der Waals surface area contributed by atoms with Crippen molar-refractivity contribution in [1.29, 1.82) is 0 Å². The number of anilines is 2. The molecule has 6 nitrogen and oxygen atoms in total. The van der Waals surface area contributed by atoms with E-state index in [2.05, 4.69) is 15.6 Å². The summed E-state index contributed by atoms with van der Waals surface area (Å²) >= 11 is 1.43. The third kappa shape index (κ3) is 4.19. The average Bonchev–Trinajstić information content (AvgIpc) is 2.72. The molecule has 0 fully saturated rings. The molecule has 2 amide bonds. The fourth-order valence-corrected chi connectivity index (χ4v) is 4.38. The van der Waals surface area contributed by atoms with Crippen LogP contribution in [0.15, 0.2) is 59.5 Å². The lowest BCUT2D eigenvalue weighted by atomic mass is 10.1. The molecule has 7 heteroatoms. The molecule has 29 heavy (non-hydrogen) atoms. The Labute approximate surface area is 173 Å². The van der Waals surface area contributed by atoms with Crippen molar-refractivity contribution in [2.45, 2.75) is 23.1 Å². The summed E-state index contributed by atoms with van der Waals surface area (Å²) in [6.45, 7) is 0.387. The van der Waals surface area contributed by atoms with E-state index in [9.17, 15) is 9.59 Å². The molecule has 2 aromatic carbocycles. The van der Waals surface area contributed by atoms with Crippen LogP contribution in [-0.4, -0.2) is 36.1 Å². The minimum Gasteiger partial charge on any atom is -0.363 e. The Morgan fingerprint density at radius 1 is 1.17 bits per heavy atom. The van der Waals surface area contributed by atoms with Crippen LogP contribution in [0.2, 0.25) is 0 Å². The second-order valence-electron chi connectivity index (χ2n) is 7.12. The largest absolute Gasteiger partial charge is 0.363 e. The van der Waals surface area contributed by atoms with Crippen LogP contribution in [0.5, 0.6) is 0 Å². The van der Waals surface area contributed by atoms with Crippen molar-refractivity contribution in [1.82, 2.24) is 10.3 Å². The Balaban J connectivity index is 1.46. The number of carbonyl (C=O) groups is 2. The zero-order valence-electron chi connectivity index (χ0n) is 16.3. The third-order valence-electron chi connectivity index (χ3n) is 4.80. The summed E-state index contributed by atoms with van der Waals surface area (Å²) in [5.41, 5.74) is 2.69. The number of rotatable bonds is 5. The Morgan fingerprint density at radius 3 is 2.76 bits per heavy atom. The average molecular weight is 407 g/mol. The van der Waals surface area contributed by atoms with E-state index >= 15 is 0 Å². The van der Waals surface area contributed by atoms with Gasteiger partial charge >= 0.3 is 0 Å². The molecule has 3 aromatic rings. The van der Waals surface area contributed by atoms with Gasteiger partial charge in [0.25, 0.3) is 0 Å². The van der Waals surface area contributed by atoms with Gasteiger partial charge in [-0.1, -0.05) is 30.3 Å². The number of thioether (sulfide) groups is 1. The molecule has 2 heterocycles. The summed E-state index contributed by atoms with van der Waals surface area (Å²) in [4.78, 5) is 32.5. The number of hydrogen-bond acceptors (Lipinski definition) is 5. The molecule has 0 unspecified atom stereocenters. The fourth-order valence-electron chi connectivity index (χ4n) is 3.27. The lowest BCUT2D eigenvalue weighted by Crippen LogP contribution is -2.34. The van der Waals surface area contributed by atoms with Crippen LogP contribution in [0.25, 0.3) is 10.9 Å². The van der Waals surface area contributed by atoms with Gasteiger partial charge in [0.05, 0.1) is 16.5 Å². The normalized spacial score (nSPS) is 15.5. The van der Waals surface area contributed by atoms with Gasteiger partial charge in [0.1, 0.15) is 5.82 Å². The van der Waals surface area contributed by atoms with E-state index in [-0.39, 0.29) is 18.2 Å². The second kappa shape index (κ2) is 8.13. The molecule has 4 rings (SSSR count). The maximum Gasteiger partial charge on any atom is 0.238 e. The van der Waals surface area contributed by atoms with Crippen LogP contribution in [0, 0.1) is 0 Å². The third-order valence-corrected chi connectivity index (χ3v) is 6.08. The van der Waals surface area contributed by atoms with Gasteiger partial charge in [-0.25, -0.2) is 4.98 Å². The number of fused-ring (bicyclic) bond motifs is 2. The van der Waals surface area contributed by atoms with E-state index in [1.165, 1.54) is 11.8 Å². The number of amides is 2. The molecular formula is C22H22N4O2S. The maximum absolute atomic E-state index is 12.6. The number of pyridine rings is 1. The van der Waals surface area contributed by atoms with Gasteiger partial charge in [-0.2, -0.15) is 0 Å². The Kier molecular flexibility index (Phi) is 5.40. The first-order valence-corrected chi connectivity index (χ1v) is 10.3. The highest BCUT2D eigenvalue weighted by molar-refractivity contribution is 8.01. The lowest BCUT2D eigenvalue weighted by Gasteiger charge is -2.23. The predicted octanol–water partition coefficient (Wildman–Crippen LogP) is 3.42. The number of nitrogens with one attached hydrogen (secondary N) is 2. The molecule has 148 valence electrons. The Bertz CT molecular complexity index is 1080. The van der Waals surface area contributed by atoms with E-state index in [0.29, 0.717) is 6.54 Å². The van der Waals surface area contributed by atoms with Crippen LogP contribution in [0.3, 0.4) is 0 Å². The van der Waals surface area contributed by atoms with Crippen LogP contribution < -0.4 is 15.5 Å². The summed E-state index contributed by atoms with van der Waals surface area (Å²) < 4.78 is 0. The first-order chi connectivity index (χ1) is 14.0. The van der Waals surface area contributed by atoms with Gasteiger partial charge in [-0.3, -0.25) is 9.59 Å². The number of carbonyl (C=O) groups excluding carboxylic acids is 2. The summed E-state index contributed by atoms with van der Waals surface area (Å²) in [6.07, 6.45) is 0.133. The van der Waals surface area contributed by atoms with E-state index in [1.807, 2.05) is 73.6 Å². The molecule has 1 aliphatic heterocycles. The summed E-state index contributed by atoms with van der Waals surface area (Å²) in [7, 11) is 3.88. The molecule has 0 bridgehead atoms. The van der Waals surface area contributed by atoms with Crippen LogP contribution in [0.1, 0.15) is 12.0 Å². The molecule has 0 saturated heterocycles. The van der Waals surface area contributed by atoms with Crippen molar-refractivity contribution < 1.29 is 9.59 Å². The van der Waals surface area contributed by atoms with Crippen LogP contribution >= 0.6 is 11.8 Å². The van der Waals surface area contributed by atoms with Gasteiger partial charge in [-0.15, -0.1) is 11.8 Å². The summed E-state index contributed by atoms with van der Waals surface area (Å²) in [5.74, 6) is 0.559. The number of para-hydroxylation sites is 2. The monoisotopic (exact) mass is 406 g/mol. The van der Waals surface area contributed by atoms with Crippen LogP contribution in [0.4, 0.5) is 11.5 Å². The molecule has 2 N–H and O–H groups in total. The standard InChI is InChI=1S/C22H22N4O2S/c1-26(2)20-11-14(15-7-3-4-8-16(15)24-20)13-23-21(27)12-19-22(28)25-17-9-5-6-10-18(17)29-19/h3-11,19H,12-13H2,1-2H3,(H,23,27)(H,25,28)/t19-/m0/s1. The fraction of sp³-hybridized carbons (Fsp3) is 0.227. The smallest absolute Gasteiger partial charge is 0.238 e. The molecule has 0 aliphatic carbocycles. The minimum atomic E-state index is -0.434. The Morgan fingerprint density at radius 2 is 1.93 bits per heavy atom. The highest BCUT2D eigenvalue weighted by Crippen LogP contribution is 2.36. The SMILES string of the molecule is CN(C)c1cc(CNC(=O)C[C@@H]2Sc3ccccc3NC2=O)c2ccccc2n1. The molecule has 0 radical (unpaired) electrons. The zero-order chi connectivity index (χ0) is 20.4. The second-order valence-corrected chi connectivity index (χ2v) is 8.37. The van der Waals surface area contributed by atoms with Gasteiger partial charge in [0.15, 0.2) is 0 Å². The lowest BCUT2D eigenvalue weighted by molar-refractivity contribution is -0.124. The molecule has 1 aromatic heterocycles. The highest BCUT2D eigenvalue weighted by Gasteiger charge is 2.28. The van der Waals surface area contributed by atoms with E-state index < -0.39 is 5.25 Å². The van der Waals surface area contributed by atoms with Crippen molar-refractivity contribution in [3.63, 3.8) is 0 Å². The first kappa shape index (κ1) is 19.3. The first-order valence-electron chi connectivity index (χ1n) is 9.40. The molecule has 1 atom stereocenters. The Hall–Kier alpha value is -3.06. The number of aromatic nitrogens is 1. The molecule has 0 spiro atoms. The number of hydrogen-bond donors (Lipinski definition) is 2. The quantitative estimate of drug-likeness (QED) is 0.679. The highest BCUT2D eigenvalue weighted by atomic mass is 32.2. The van der Waals surface area contributed by atoms with Crippen molar-refractivity contribution in [3.05, 3.63) is 60.2 Å². The van der Waals surface area contributed by atoms with Gasteiger partial charge in [0, 0.05) is 37.3 Å². The van der Waals surface area contributed by atoms with Crippen molar-refractivity contribution in [3.8, 4) is 0 Å². The number of nitrogens with zero attached hydrogens (tertiary/aromatic N) is 2. The minimum absolute atomic E-state index is 0.131. The maximum atomic E-state index is 12.6. The van der Waals surface area contributed by atoms with Gasteiger partial charge in [0.2, 0.25) is 11.8 Å². The predicted molar refractivity (Wildman–Crippen MR) is 117 cm³/mol. The van der Waals surface area contributed by atoms with E-state index in [4.69, 9.17) is 0 Å². The van der Waals surface area contributed by atoms with Gasteiger partial charge < -0.3 is 15.5 Å². The zero-order valence-corrected chi connectivity index (χ0v) is 17.1. The van der Waals surface area contributed by atoms with E-state index in [1.54, 1.807) is 0 Å². The number of benzene rings is 2. The molecule has 0 saturated carbocycles. The molecule has 1 aliphatic rings. The van der Waals surface area contributed by atoms with Crippen molar-refractivity contribution in [2.24, 2.45) is 0 Å². The van der Waals surface area contributed by atoms with Crippen LogP contribution in [-0.2, 0) is 16.1 Å². The summed E-state index contributed by atoms with van der Waals surface area (Å²) in [6, 6.07) is 17.5. The van der Waals surface area contributed by atoms with Gasteiger partial charge in [-0.05, 0) is 29.8 Å². The van der Waals surface area contributed by atoms with Crippen molar-refractivity contribution >= 4 is 46.0 Å². The van der Waals surface area contributed by atoms with E-state index in [0.717, 1.165) is 32.9 Å². The topological polar surface area (TPSA) is 74.3 Å².